The van der Waals surface area contributed by atoms with Crippen LogP contribution in [0.4, 0.5) is 5.82 Å². The molecule has 0 radical (unpaired) electrons. The summed E-state index contributed by atoms with van der Waals surface area (Å²) in [7, 11) is 0. The van der Waals surface area contributed by atoms with Crippen LogP contribution in [0.5, 0.6) is 0 Å². The van der Waals surface area contributed by atoms with E-state index < -0.39 is 5.60 Å². The van der Waals surface area contributed by atoms with Crippen molar-refractivity contribution in [1.82, 2.24) is 15.0 Å². The van der Waals surface area contributed by atoms with E-state index in [-0.39, 0.29) is 0 Å². The molecule has 3 aromatic rings. The summed E-state index contributed by atoms with van der Waals surface area (Å²) < 4.78 is 0. The summed E-state index contributed by atoms with van der Waals surface area (Å²) >= 11 is 0. The molecule has 1 unspecified atom stereocenters. The molecule has 3 aromatic heterocycles. The van der Waals surface area contributed by atoms with Gasteiger partial charge in [0.2, 0.25) is 0 Å². The molecular weight excluding hydrogens is 288 g/mol. The lowest BCUT2D eigenvalue weighted by Crippen LogP contribution is -2.24. The minimum atomic E-state index is -1.19. The normalized spacial score (nSPS) is 13.1. The Bertz CT molecular complexity index is 835. The van der Waals surface area contributed by atoms with Crippen LogP contribution < -0.4 is 0 Å². The zero-order chi connectivity index (χ0) is 16.3. The fourth-order valence-corrected chi connectivity index (χ4v) is 2.30. The highest BCUT2D eigenvalue weighted by atomic mass is 16.3. The Hall–Kier alpha value is -3.10. The predicted octanol–water partition coefficient (Wildman–Crippen LogP) is 3.35. The van der Waals surface area contributed by atoms with E-state index in [4.69, 9.17) is 6.57 Å². The van der Waals surface area contributed by atoms with Gasteiger partial charge in [-0.1, -0.05) is 18.7 Å². The Labute approximate surface area is 134 Å². The minimum Gasteiger partial charge on any atom is -0.379 e. The van der Waals surface area contributed by atoms with E-state index in [9.17, 15) is 5.11 Å². The van der Waals surface area contributed by atoms with Gasteiger partial charge in [-0.2, -0.15) is 0 Å². The van der Waals surface area contributed by atoms with Crippen LogP contribution in [0, 0.1) is 6.57 Å². The lowest BCUT2D eigenvalue weighted by Gasteiger charge is -2.23. The van der Waals surface area contributed by atoms with E-state index in [0.717, 1.165) is 16.7 Å². The van der Waals surface area contributed by atoms with Crippen LogP contribution in [-0.4, -0.2) is 20.1 Å². The van der Waals surface area contributed by atoms with Crippen molar-refractivity contribution in [3.8, 4) is 11.1 Å². The second kappa shape index (κ2) is 5.95. The second-order valence-corrected chi connectivity index (χ2v) is 5.26. The van der Waals surface area contributed by atoms with Crippen LogP contribution in [-0.2, 0) is 5.60 Å². The number of pyridine rings is 3. The summed E-state index contributed by atoms with van der Waals surface area (Å²) in [6, 6.07) is 10.7. The van der Waals surface area contributed by atoms with Crippen LogP contribution in [0.15, 0.2) is 61.2 Å². The van der Waals surface area contributed by atoms with Crippen molar-refractivity contribution in [3.05, 3.63) is 83.9 Å². The third-order valence-electron chi connectivity index (χ3n) is 3.70. The van der Waals surface area contributed by atoms with Gasteiger partial charge in [0.1, 0.15) is 11.8 Å². The van der Waals surface area contributed by atoms with E-state index in [1.807, 2.05) is 12.1 Å². The van der Waals surface area contributed by atoms with Gasteiger partial charge < -0.3 is 9.95 Å². The van der Waals surface area contributed by atoms with Gasteiger partial charge in [0.25, 0.3) is 5.82 Å². The Morgan fingerprint density at radius 3 is 2.13 bits per heavy atom. The third kappa shape index (κ3) is 2.93. The molecule has 0 amide bonds. The van der Waals surface area contributed by atoms with E-state index in [0.29, 0.717) is 11.5 Å². The van der Waals surface area contributed by atoms with Gasteiger partial charge in [-0.05, 0) is 36.8 Å². The fourth-order valence-electron chi connectivity index (χ4n) is 2.30. The molecule has 23 heavy (non-hydrogen) atoms. The number of hydrogen-bond donors (Lipinski definition) is 1. The van der Waals surface area contributed by atoms with Crippen LogP contribution >= 0.6 is 0 Å². The van der Waals surface area contributed by atoms with Crippen molar-refractivity contribution in [2.24, 2.45) is 0 Å². The van der Waals surface area contributed by atoms with Crippen LogP contribution in [0.1, 0.15) is 18.2 Å². The molecule has 0 aromatic carbocycles. The van der Waals surface area contributed by atoms with Crippen molar-refractivity contribution < 1.29 is 5.11 Å². The Kier molecular flexibility index (Phi) is 3.83. The van der Waals surface area contributed by atoms with Crippen molar-refractivity contribution in [1.29, 1.82) is 0 Å². The first-order valence-electron chi connectivity index (χ1n) is 7.04. The van der Waals surface area contributed by atoms with Crippen LogP contribution in [0.2, 0.25) is 0 Å². The van der Waals surface area contributed by atoms with E-state index in [1.54, 1.807) is 56.0 Å². The number of hydrogen-bond acceptors (Lipinski definition) is 4. The molecule has 0 aliphatic rings. The number of aromatic nitrogens is 3. The molecule has 0 aliphatic heterocycles. The molecule has 5 heteroatoms. The molecule has 0 bridgehead atoms. The molecule has 1 atom stereocenters. The molecule has 0 fully saturated rings. The summed E-state index contributed by atoms with van der Waals surface area (Å²) in [4.78, 5) is 15.7. The zero-order valence-corrected chi connectivity index (χ0v) is 12.5. The summed E-state index contributed by atoms with van der Waals surface area (Å²) in [5.41, 5.74) is 1.85. The van der Waals surface area contributed by atoms with Crippen molar-refractivity contribution in [2.45, 2.75) is 12.5 Å². The minimum absolute atomic E-state index is 0.360. The summed E-state index contributed by atoms with van der Waals surface area (Å²) in [5.74, 6) is 0.360. The Balaban J connectivity index is 1.91. The Morgan fingerprint density at radius 1 is 0.957 bits per heavy atom. The Morgan fingerprint density at radius 2 is 1.61 bits per heavy atom. The molecule has 0 saturated carbocycles. The fraction of sp³-hybridized carbons (Fsp3) is 0.111. The van der Waals surface area contributed by atoms with Crippen molar-refractivity contribution in [2.75, 3.05) is 0 Å². The van der Waals surface area contributed by atoms with Gasteiger partial charge in [-0.15, -0.1) is 4.98 Å². The average molecular weight is 302 g/mol. The van der Waals surface area contributed by atoms with Gasteiger partial charge in [0.05, 0.1) is 5.69 Å². The predicted molar refractivity (Wildman–Crippen MR) is 86.6 cm³/mol. The molecule has 0 aliphatic carbocycles. The van der Waals surface area contributed by atoms with Crippen molar-refractivity contribution >= 4 is 5.82 Å². The molecule has 3 heterocycles. The van der Waals surface area contributed by atoms with E-state index in [2.05, 4.69) is 19.8 Å². The smallest absolute Gasteiger partial charge is 0.269 e. The third-order valence-corrected chi connectivity index (χ3v) is 3.70. The number of aliphatic hydroxyl groups is 1. The maximum atomic E-state index is 10.8. The van der Waals surface area contributed by atoms with Crippen LogP contribution in [0.3, 0.4) is 0 Å². The van der Waals surface area contributed by atoms with E-state index in [1.165, 1.54) is 0 Å². The number of rotatable bonds is 3. The topological polar surface area (TPSA) is 63.3 Å². The van der Waals surface area contributed by atoms with Gasteiger partial charge >= 0.3 is 0 Å². The SMILES string of the molecule is [C-]#[N+]c1ccc(-c2ccc(C(C)(O)c3ccncc3)nc2)cn1. The highest BCUT2D eigenvalue weighted by molar-refractivity contribution is 5.63. The molecule has 0 saturated heterocycles. The van der Waals surface area contributed by atoms with Gasteiger partial charge in [0, 0.05) is 29.7 Å². The number of nitrogens with zero attached hydrogens (tertiary/aromatic N) is 4. The average Bonchev–Trinajstić information content (AvgIpc) is 2.63. The van der Waals surface area contributed by atoms with Gasteiger partial charge in [0.15, 0.2) is 0 Å². The first-order chi connectivity index (χ1) is 11.1. The molecular formula is C18H14N4O. The maximum absolute atomic E-state index is 10.8. The molecule has 112 valence electrons. The quantitative estimate of drug-likeness (QED) is 0.754. The van der Waals surface area contributed by atoms with Crippen molar-refractivity contribution in [3.63, 3.8) is 0 Å². The molecule has 3 rings (SSSR count). The first-order valence-corrected chi connectivity index (χ1v) is 7.04. The molecule has 0 spiro atoms. The molecule has 1 N–H and O–H groups in total. The maximum Gasteiger partial charge on any atom is 0.269 e. The summed E-state index contributed by atoms with van der Waals surface area (Å²) in [6.45, 7) is 8.62. The molecule has 5 nitrogen and oxygen atoms in total. The zero-order valence-electron chi connectivity index (χ0n) is 12.5. The van der Waals surface area contributed by atoms with Gasteiger partial charge in [-0.3, -0.25) is 9.97 Å². The summed E-state index contributed by atoms with van der Waals surface area (Å²) in [5, 5.41) is 10.8. The lowest BCUT2D eigenvalue weighted by molar-refractivity contribution is 0.0973. The monoisotopic (exact) mass is 302 g/mol. The first kappa shape index (κ1) is 14.8. The van der Waals surface area contributed by atoms with Gasteiger partial charge in [-0.25, -0.2) is 0 Å². The van der Waals surface area contributed by atoms with Crippen LogP contribution in [0.25, 0.3) is 16.0 Å². The highest BCUT2D eigenvalue weighted by Crippen LogP contribution is 2.28. The second-order valence-electron chi connectivity index (χ2n) is 5.26. The lowest BCUT2D eigenvalue weighted by atomic mass is 9.92. The summed E-state index contributed by atoms with van der Waals surface area (Å²) in [6.07, 6.45) is 6.62. The largest absolute Gasteiger partial charge is 0.379 e. The van der Waals surface area contributed by atoms with E-state index >= 15 is 0 Å². The standard InChI is InChI=1S/C18H14N4O/c1-18(23,15-7-9-20-10-8-15)16-5-3-13(11-21-16)14-4-6-17(19-2)22-12-14/h3-12,23H,1H3. The highest BCUT2D eigenvalue weighted by Gasteiger charge is 2.26.